The fourth-order valence-electron chi connectivity index (χ4n) is 2.12. The molecule has 1 heterocycles. The van der Waals surface area contributed by atoms with E-state index in [9.17, 15) is 10.1 Å². The minimum Gasteiger partial charge on any atom is -0.411 e. The summed E-state index contributed by atoms with van der Waals surface area (Å²) in [7, 11) is 1.54. The van der Waals surface area contributed by atoms with Gasteiger partial charge in [-0.05, 0) is 6.07 Å². The fraction of sp³-hybridized carbons (Fsp3) is 0.154. The van der Waals surface area contributed by atoms with Crippen molar-refractivity contribution in [2.75, 3.05) is 7.11 Å². The summed E-state index contributed by atoms with van der Waals surface area (Å²) in [6.45, 7) is 0.244. The molecule has 0 aliphatic rings. The van der Waals surface area contributed by atoms with Crippen molar-refractivity contribution in [3.8, 4) is 0 Å². The molecule has 1 aromatic carbocycles. The number of nitrogens with zero attached hydrogens (tertiary/aromatic N) is 3. The molecule has 0 amide bonds. The van der Waals surface area contributed by atoms with Gasteiger partial charge < -0.3 is 14.5 Å². The molecule has 20 heavy (non-hydrogen) atoms. The van der Waals surface area contributed by atoms with Crippen LogP contribution in [0.5, 0.6) is 0 Å². The van der Waals surface area contributed by atoms with Gasteiger partial charge >= 0.3 is 0 Å². The second kappa shape index (κ2) is 5.98. The van der Waals surface area contributed by atoms with E-state index < -0.39 is 4.92 Å². The lowest BCUT2D eigenvalue weighted by Gasteiger charge is -2.05. The highest BCUT2D eigenvalue weighted by Gasteiger charge is 2.14. The fourth-order valence-corrected chi connectivity index (χ4v) is 2.12. The highest BCUT2D eigenvalue weighted by molar-refractivity contribution is 5.99. The van der Waals surface area contributed by atoms with Crippen LogP contribution >= 0.6 is 0 Å². The standard InChI is InChI=1S/C13H13N3O4/c1-20-9-15-12-5-3-2-4-10(12)11(6-7-16(18)19)13(15)8-14-17/h2-8,17H,9H2,1H3/b7-6+,14-8+. The first-order chi connectivity index (χ1) is 9.69. The van der Waals surface area contributed by atoms with Crippen molar-refractivity contribution in [3.05, 3.63) is 51.8 Å². The molecular formula is C13H13N3O4. The molecule has 104 valence electrons. The summed E-state index contributed by atoms with van der Waals surface area (Å²) in [5.41, 5.74) is 1.98. The van der Waals surface area contributed by atoms with Gasteiger partial charge in [0.2, 0.25) is 6.20 Å². The quantitative estimate of drug-likeness (QED) is 0.392. The van der Waals surface area contributed by atoms with Crippen LogP contribution in [-0.4, -0.2) is 28.0 Å². The van der Waals surface area contributed by atoms with Crippen LogP contribution < -0.4 is 0 Å². The monoisotopic (exact) mass is 275 g/mol. The molecule has 7 heteroatoms. The van der Waals surface area contributed by atoms with Crippen LogP contribution in [0.2, 0.25) is 0 Å². The van der Waals surface area contributed by atoms with Gasteiger partial charge in [0.1, 0.15) is 6.73 Å². The molecule has 0 fully saturated rings. The van der Waals surface area contributed by atoms with E-state index in [4.69, 9.17) is 9.94 Å². The number of benzene rings is 1. The smallest absolute Gasteiger partial charge is 0.235 e. The Balaban J connectivity index is 2.75. The Hall–Kier alpha value is -2.67. The topological polar surface area (TPSA) is 89.9 Å². The normalized spacial score (nSPS) is 11.8. The number of methoxy groups -OCH3 is 1. The molecule has 0 saturated carbocycles. The van der Waals surface area contributed by atoms with Crippen molar-refractivity contribution in [1.29, 1.82) is 0 Å². The minimum absolute atomic E-state index is 0.244. The Morgan fingerprint density at radius 1 is 1.50 bits per heavy atom. The number of hydrogen-bond donors (Lipinski definition) is 1. The SMILES string of the molecule is COCn1c(/C=N/O)c(/C=C/[N+](=O)[O-])c2ccccc21. The van der Waals surface area contributed by atoms with Crippen LogP contribution in [0, 0.1) is 10.1 Å². The first-order valence-corrected chi connectivity index (χ1v) is 5.78. The molecule has 2 aromatic rings. The number of aromatic nitrogens is 1. The molecule has 1 aromatic heterocycles. The van der Waals surface area contributed by atoms with E-state index in [0.29, 0.717) is 11.3 Å². The molecule has 2 rings (SSSR count). The van der Waals surface area contributed by atoms with Crippen LogP contribution in [0.3, 0.4) is 0 Å². The van der Waals surface area contributed by atoms with Crippen molar-refractivity contribution < 1.29 is 14.9 Å². The maximum atomic E-state index is 10.5. The maximum absolute atomic E-state index is 10.5. The number of oxime groups is 1. The summed E-state index contributed by atoms with van der Waals surface area (Å²) in [4.78, 5) is 9.98. The van der Waals surface area contributed by atoms with Crippen LogP contribution in [0.4, 0.5) is 0 Å². The first-order valence-electron chi connectivity index (χ1n) is 5.78. The zero-order chi connectivity index (χ0) is 14.5. The van der Waals surface area contributed by atoms with Gasteiger partial charge in [-0.2, -0.15) is 0 Å². The van der Waals surface area contributed by atoms with Gasteiger partial charge in [0.15, 0.2) is 0 Å². The molecule has 1 N–H and O–H groups in total. The average Bonchev–Trinajstić information content (AvgIpc) is 2.72. The van der Waals surface area contributed by atoms with Crippen molar-refractivity contribution in [3.63, 3.8) is 0 Å². The van der Waals surface area contributed by atoms with E-state index in [1.165, 1.54) is 12.3 Å². The zero-order valence-electron chi connectivity index (χ0n) is 10.8. The Bertz CT molecular complexity index is 688. The second-order valence-electron chi connectivity index (χ2n) is 4.01. The highest BCUT2D eigenvalue weighted by atomic mass is 16.6. The number of nitro groups is 1. The van der Waals surface area contributed by atoms with Crippen LogP contribution in [-0.2, 0) is 11.5 Å². The number of fused-ring (bicyclic) bond motifs is 1. The summed E-state index contributed by atoms with van der Waals surface area (Å²) in [6, 6.07) is 7.40. The summed E-state index contributed by atoms with van der Waals surface area (Å²) >= 11 is 0. The third-order valence-corrected chi connectivity index (χ3v) is 2.85. The number of ether oxygens (including phenoxy) is 1. The molecule has 0 aliphatic heterocycles. The first kappa shape index (κ1) is 13.8. The largest absolute Gasteiger partial charge is 0.411 e. The van der Waals surface area contributed by atoms with Crippen LogP contribution in [0.1, 0.15) is 11.3 Å². The van der Waals surface area contributed by atoms with Crippen molar-refractivity contribution in [2.45, 2.75) is 6.73 Å². The van der Waals surface area contributed by atoms with Gasteiger partial charge in [-0.15, -0.1) is 0 Å². The van der Waals surface area contributed by atoms with Gasteiger partial charge in [-0.3, -0.25) is 10.1 Å². The van der Waals surface area contributed by atoms with E-state index >= 15 is 0 Å². The van der Waals surface area contributed by atoms with E-state index in [2.05, 4.69) is 5.16 Å². The molecule has 0 atom stereocenters. The van der Waals surface area contributed by atoms with E-state index in [0.717, 1.165) is 17.1 Å². The zero-order valence-corrected chi connectivity index (χ0v) is 10.8. The third kappa shape index (κ3) is 2.52. The minimum atomic E-state index is -0.539. The highest BCUT2D eigenvalue weighted by Crippen LogP contribution is 2.26. The predicted molar refractivity (Wildman–Crippen MR) is 74.4 cm³/mol. The Labute approximate surface area is 114 Å². The molecule has 0 aliphatic carbocycles. The average molecular weight is 275 g/mol. The Kier molecular flexibility index (Phi) is 4.11. The Morgan fingerprint density at radius 2 is 2.25 bits per heavy atom. The molecular weight excluding hydrogens is 262 g/mol. The van der Waals surface area contributed by atoms with E-state index in [-0.39, 0.29) is 6.73 Å². The number of rotatable bonds is 5. The molecule has 0 radical (unpaired) electrons. The summed E-state index contributed by atoms with van der Waals surface area (Å²) in [5, 5.41) is 23.2. The third-order valence-electron chi connectivity index (χ3n) is 2.85. The second-order valence-corrected chi connectivity index (χ2v) is 4.01. The van der Waals surface area contributed by atoms with E-state index in [1.807, 2.05) is 24.3 Å². The Morgan fingerprint density at radius 3 is 2.90 bits per heavy atom. The molecule has 0 bridgehead atoms. The number of hydrogen-bond acceptors (Lipinski definition) is 5. The van der Waals surface area contributed by atoms with Gasteiger partial charge in [0.25, 0.3) is 0 Å². The number of para-hydroxylation sites is 1. The summed E-state index contributed by atoms with van der Waals surface area (Å²) in [5.74, 6) is 0. The maximum Gasteiger partial charge on any atom is 0.235 e. The van der Waals surface area contributed by atoms with Crippen molar-refractivity contribution in [2.24, 2.45) is 5.16 Å². The molecule has 0 spiro atoms. The molecule has 0 unspecified atom stereocenters. The lowest BCUT2D eigenvalue weighted by molar-refractivity contribution is -0.400. The van der Waals surface area contributed by atoms with Crippen molar-refractivity contribution in [1.82, 2.24) is 4.57 Å². The van der Waals surface area contributed by atoms with Gasteiger partial charge in [0, 0.05) is 24.1 Å². The van der Waals surface area contributed by atoms with Crippen molar-refractivity contribution >= 4 is 23.2 Å². The lowest BCUT2D eigenvalue weighted by Crippen LogP contribution is -2.04. The summed E-state index contributed by atoms with van der Waals surface area (Å²) in [6.07, 6.45) is 3.47. The predicted octanol–water partition coefficient (Wildman–Crippen LogP) is 2.30. The lowest BCUT2D eigenvalue weighted by atomic mass is 10.1. The van der Waals surface area contributed by atoms with E-state index in [1.54, 1.807) is 11.7 Å². The van der Waals surface area contributed by atoms with Crippen LogP contribution in [0.25, 0.3) is 17.0 Å². The molecule has 7 nitrogen and oxygen atoms in total. The molecule has 0 saturated heterocycles. The summed E-state index contributed by atoms with van der Waals surface area (Å²) < 4.78 is 6.90. The van der Waals surface area contributed by atoms with Gasteiger partial charge in [-0.25, -0.2) is 0 Å². The van der Waals surface area contributed by atoms with Gasteiger partial charge in [0.05, 0.1) is 22.3 Å². The van der Waals surface area contributed by atoms with Gasteiger partial charge in [-0.1, -0.05) is 23.4 Å². The van der Waals surface area contributed by atoms with Crippen LogP contribution in [0.15, 0.2) is 35.6 Å².